The third kappa shape index (κ3) is 5.16. The average molecular weight is 442 g/mol. The van der Waals surface area contributed by atoms with Gasteiger partial charge in [0.05, 0.1) is 17.6 Å². The summed E-state index contributed by atoms with van der Waals surface area (Å²) in [4.78, 5) is 37.3. The van der Waals surface area contributed by atoms with E-state index in [-0.39, 0.29) is 18.8 Å². The van der Waals surface area contributed by atoms with Crippen LogP contribution in [0.5, 0.6) is 5.75 Å². The van der Waals surface area contributed by atoms with E-state index in [4.69, 9.17) is 14.2 Å². The Morgan fingerprint density at radius 1 is 1.19 bits per heavy atom. The van der Waals surface area contributed by atoms with Gasteiger partial charge in [0.25, 0.3) is 5.69 Å². The minimum absolute atomic E-state index is 0.00998. The molecule has 1 amide bonds. The highest BCUT2D eigenvalue weighted by molar-refractivity contribution is 5.84. The van der Waals surface area contributed by atoms with E-state index < -0.39 is 28.6 Å². The topological polar surface area (TPSA) is 108 Å². The van der Waals surface area contributed by atoms with E-state index in [9.17, 15) is 19.7 Å². The fraction of sp³-hybridized carbons (Fsp3) is 0.391. The Morgan fingerprint density at radius 3 is 2.56 bits per heavy atom. The summed E-state index contributed by atoms with van der Waals surface area (Å²) in [6.07, 6.45) is -0.0969. The number of hydrogen-bond donors (Lipinski definition) is 0. The zero-order chi connectivity index (χ0) is 23.5. The molecule has 1 atom stereocenters. The average Bonchev–Trinajstić information content (AvgIpc) is 2.75. The van der Waals surface area contributed by atoms with Gasteiger partial charge in [-0.25, -0.2) is 9.59 Å². The van der Waals surface area contributed by atoms with E-state index in [1.54, 1.807) is 57.2 Å². The highest BCUT2D eigenvalue weighted by Gasteiger charge is 2.39. The lowest BCUT2D eigenvalue weighted by Crippen LogP contribution is -2.46. The second kappa shape index (κ2) is 9.25. The number of nitro groups is 1. The molecule has 0 fully saturated rings. The largest absolute Gasteiger partial charge is 0.489 e. The lowest BCUT2D eigenvalue weighted by atomic mass is 9.92. The van der Waals surface area contributed by atoms with Crippen molar-refractivity contribution in [2.45, 2.75) is 45.4 Å². The molecular formula is C23H26N2O7. The minimum atomic E-state index is -0.928. The van der Waals surface area contributed by atoms with Gasteiger partial charge >= 0.3 is 12.1 Å². The highest BCUT2D eigenvalue weighted by atomic mass is 16.6. The van der Waals surface area contributed by atoms with Crippen molar-refractivity contribution in [2.75, 3.05) is 13.7 Å². The lowest BCUT2D eigenvalue weighted by Gasteiger charge is -2.36. The van der Waals surface area contributed by atoms with Crippen molar-refractivity contribution in [1.29, 1.82) is 0 Å². The first-order valence-corrected chi connectivity index (χ1v) is 10.2. The van der Waals surface area contributed by atoms with Crippen LogP contribution < -0.4 is 4.74 Å². The van der Waals surface area contributed by atoms with Gasteiger partial charge < -0.3 is 14.2 Å². The van der Waals surface area contributed by atoms with E-state index in [1.807, 2.05) is 0 Å². The first-order chi connectivity index (χ1) is 15.1. The molecule has 1 aliphatic rings. The number of benzene rings is 2. The Kier molecular flexibility index (Phi) is 6.67. The van der Waals surface area contributed by atoms with Gasteiger partial charge in [0.1, 0.15) is 18.0 Å². The van der Waals surface area contributed by atoms with Crippen molar-refractivity contribution in [3.05, 3.63) is 69.3 Å². The van der Waals surface area contributed by atoms with Gasteiger partial charge in [-0.15, -0.1) is 0 Å². The summed E-state index contributed by atoms with van der Waals surface area (Å²) in [7, 11) is 1.27. The number of nitro benzene ring substituents is 1. The maximum Gasteiger partial charge on any atom is 0.411 e. The van der Waals surface area contributed by atoms with Gasteiger partial charge in [-0.2, -0.15) is 0 Å². The normalized spacial score (nSPS) is 15.5. The number of rotatable bonds is 5. The maximum absolute atomic E-state index is 12.7. The second-order valence-electron chi connectivity index (χ2n) is 8.38. The first-order valence-electron chi connectivity index (χ1n) is 10.2. The summed E-state index contributed by atoms with van der Waals surface area (Å²) < 4.78 is 16.2. The van der Waals surface area contributed by atoms with Crippen molar-refractivity contribution in [3.63, 3.8) is 0 Å². The van der Waals surface area contributed by atoms with E-state index >= 15 is 0 Å². The zero-order valence-electron chi connectivity index (χ0n) is 18.5. The van der Waals surface area contributed by atoms with E-state index in [0.717, 1.165) is 5.56 Å². The van der Waals surface area contributed by atoms with Gasteiger partial charge in [-0.1, -0.05) is 18.2 Å². The predicted molar refractivity (Wildman–Crippen MR) is 115 cm³/mol. The smallest absolute Gasteiger partial charge is 0.411 e. The van der Waals surface area contributed by atoms with Crippen LogP contribution in [0.15, 0.2) is 42.5 Å². The number of esters is 1. The molecular weight excluding hydrogens is 416 g/mol. The monoisotopic (exact) mass is 442 g/mol. The molecule has 1 heterocycles. The lowest BCUT2D eigenvalue weighted by molar-refractivity contribution is -0.385. The van der Waals surface area contributed by atoms with Gasteiger partial charge in [0.2, 0.25) is 0 Å². The van der Waals surface area contributed by atoms with Crippen LogP contribution in [0.2, 0.25) is 0 Å². The quantitative estimate of drug-likeness (QED) is 0.388. The molecule has 32 heavy (non-hydrogen) atoms. The Bertz CT molecular complexity index is 1030. The number of carbonyl (C=O) groups excluding carboxylic acids is 2. The van der Waals surface area contributed by atoms with Crippen molar-refractivity contribution in [3.8, 4) is 5.75 Å². The molecule has 170 valence electrons. The Labute approximate surface area is 186 Å². The fourth-order valence-electron chi connectivity index (χ4n) is 3.55. The van der Waals surface area contributed by atoms with Crippen molar-refractivity contribution < 1.29 is 28.7 Å². The molecule has 0 spiro atoms. The number of para-hydroxylation sites is 1. The summed E-state index contributed by atoms with van der Waals surface area (Å²) in [5.74, 6) is -0.0541. The number of amides is 1. The standard InChI is InChI=1S/C23H26N2O7/c1-23(2,3)32-22(27)24-12-11-15-13-17(9-10-18(15)20(24)21(26)30-4)31-14-16-7-5-6-8-19(16)25(28)29/h5-10,13,20H,11-12,14H2,1-4H3/t20-/m1/s1. The van der Waals surface area contributed by atoms with Crippen LogP contribution in [0.3, 0.4) is 0 Å². The third-order valence-corrected chi connectivity index (χ3v) is 4.98. The highest BCUT2D eigenvalue weighted by Crippen LogP contribution is 2.34. The van der Waals surface area contributed by atoms with Gasteiger partial charge in [0, 0.05) is 12.6 Å². The van der Waals surface area contributed by atoms with Crippen LogP contribution in [-0.4, -0.2) is 41.1 Å². The third-order valence-electron chi connectivity index (χ3n) is 4.98. The minimum Gasteiger partial charge on any atom is -0.489 e. The van der Waals surface area contributed by atoms with Crippen LogP contribution in [0.1, 0.15) is 43.5 Å². The molecule has 0 bridgehead atoms. The molecule has 0 saturated carbocycles. The van der Waals surface area contributed by atoms with Crippen LogP contribution in [0.25, 0.3) is 0 Å². The second-order valence-corrected chi connectivity index (χ2v) is 8.38. The molecule has 3 rings (SSSR count). The van der Waals surface area contributed by atoms with Crippen LogP contribution >= 0.6 is 0 Å². The Morgan fingerprint density at radius 2 is 1.91 bits per heavy atom. The number of fused-ring (bicyclic) bond motifs is 1. The summed E-state index contributed by atoms with van der Waals surface area (Å²) in [5.41, 5.74) is 1.21. The molecule has 2 aromatic carbocycles. The van der Waals surface area contributed by atoms with Crippen molar-refractivity contribution >= 4 is 17.7 Å². The Balaban J connectivity index is 1.83. The molecule has 0 N–H and O–H groups in total. The van der Waals surface area contributed by atoms with Crippen LogP contribution in [0, 0.1) is 10.1 Å². The molecule has 9 heteroatoms. The van der Waals surface area contributed by atoms with Crippen LogP contribution in [0.4, 0.5) is 10.5 Å². The van der Waals surface area contributed by atoms with Gasteiger partial charge in [-0.05, 0) is 56.5 Å². The molecule has 1 aliphatic heterocycles. The Hall–Kier alpha value is -3.62. The zero-order valence-corrected chi connectivity index (χ0v) is 18.5. The van der Waals surface area contributed by atoms with E-state index in [2.05, 4.69) is 0 Å². The summed E-state index contributed by atoms with van der Waals surface area (Å²) in [6, 6.07) is 10.6. The molecule has 0 unspecified atom stereocenters. The summed E-state index contributed by atoms with van der Waals surface area (Å²) >= 11 is 0. The predicted octanol–water partition coefficient (Wildman–Crippen LogP) is 4.18. The number of hydrogen-bond acceptors (Lipinski definition) is 7. The molecule has 0 aliphatic carbocycles. The first kappa shape index (κ1) is 23.1. The molecule has 2 aromatic rings. The molecule has 0 saturated heterocycles. The number of methoxy groups -OCH3 is 1. The number of ether oxygens (including phenoxy) is 3. The van der Waals surface area contributed by atoms with Gasteiger partial charge in [-0.3, -0.25) is 15.0 Å². The molecule has 0 aromatic heterocycles. The summed E-state index contributed by atoms with van der Waals surface area (Å²) in [5, 5.41) is 11.2. The summed E-state index contributed by atoms with van der Waals surface area (Å²) in [6.45, 7) is 5.58. The molecule has 9 nitrogen and oxygen atoms in total. The SMILES string of the molecule is COC(=O)[C@H]1c2ccc(OCc3ccccc3[N+](=O)[O-])cc2CCN1C(=O)OC(C)(C)C. The maximum atomic E-state index is 12.7. The van der Waals surface area contributed by atoms with E-state index in [1.165, 1.54) is 18.1 Å². The fourth-order valence-corrected chi connectivity index (χ4v) is 3.55. The molecule has 0 radical (unpaired) electrons. The van der Waals surface area contributed by atoms with Crippen molar-refractivity contribution in [1.82, 2.24) is 4.90 Å². The number of nitrogens with zero attached hydrogens (tertiary/aromatic N) is 2. The number of carbonyl (C=O) groups is 2. The van der Waals surface area contributed by atoms with E-state index in [0.29, 0.717) is 23.3 Å². The van der Waals surface area contributed by atoms with Crippen LogP contribution in [-0.2, 0) is 27.3 Å². The van der Waals surface area contributed by atoms with Crippen molar-refractivity contribution in [2.24, 2.45) is 0 Å². The van der Waals surface area contributed by atoms with Gasteiger partial charge in [0.15, 0.2) is 6.04 Å².